The molecule has 0 aromatic heterocycles. The fraction of sp³-hybridized carbons (Fsp3) is 0.500. The van der Waals surface area contributed by atoms with Gasteiger partial charge in [0.05, 0.1) is 23.9 Å². The second kappa shape index (κ2) is 7.93. The Morgan fingerprint density at radius 2 is 1.53 bits per heavy atom. The molecule has 1 aromatic carbocycles. The summed E-state index contributed by atoms with van der Waals surface area (Å²) >= 11 is 6.00. The Kier molecular flexibility index (Phi) is 6.55. The number of aliphatic hydroxyl groups is 2. The van der Waals surface area contributed by atoms with Gasteiger partial charge in [0.2, 0.25) is 0 Å². The number of ether oxygens (including phenoxy) is 2. The van der Waals surface area contributed by atoms with E-state index in [4.69, 9.17) is 42.8 Å². The van der Waals surface area contributed by atoms with E-state index >= 15 is 0 Å². The summed E-state index contributed by atoms with van der Waals surface area (Å²) in [4.78, 5) is 0. The average Bonchev–Trinajstić information content (AvgIpc) is 2.37. The summed E-state index contributed by atoms with van der Waals surface area (Å²) in [7, 11) is 0. The van der Waals surface area contributed by atoms with E-state index in [1.807, 2.05) is 0 Å². The predicted molar refractivity (Wildman–Crippen MR) is 74.7 cm³/mol. The Balaban J connectivity index is 2.87. The minimum absolute atomic E-state index is 0.0202. The van der Waals surface area contributed by atoms with Crippen molar-refractivity contribution in [2.75, 3.05) is 37.9 Å². The Morgan fingerprint density at radius 1 is 1.00 bits per heavy atom. The summed E-state index contributed by atoms with van der Waals surface area (Å²) < 4.78 is 10.8. The van der Waals surface area contributed by atoms with E-state index in [0.717, 1.165) is 0 Å². The quantitative estimate of drug-likeness (QED) is 0.420. The van der Waals surface area contributed by atoms with E-state index in [1.165, 1.54) is 6.07 Å². The van der Waals surface area contributed by atoms with E-state index < -0.39 is 0 Å². The summed E-state index contributed by atoms with van der Waals surface area (Å²) in [5, 5.41) is 17.7. The van der Waals surface area contributed by atoms with Crippen molar-refractivity contribution in [1.82, 2.24) is 0 Å². The largest absolute Gasteiger partial charge is 0.490 e. The van der Waals surface area contributed by atoms with Crippen molar-refractivity contribution in [3.63, 3.8) is 0 Å². The van der Waals surface area contributed by atoms with Crippen molar-refractivity contribution in [3.05, 3.63) is 11.1 Å². The highest BCUT2D eigenvalue weighted by Gasteiger charge is 2.16. The van der Waals surface area contributed by atoms with Gasteiger partial charge < -0.3 is 31.2 Å². The molecule has 0 atom stereocenters. The molecule has 0 spiro atoms. The molecule has 0 fully saturated rings. The summed E-state index contributed by atoms with van der Waals surface area (Å²) in [6.07, 6.45) is 0.947. The number of benzene rings is 1. The molecule has 0 aliphatic rings. The highest BCUT2D eigenvalue weighted by atomic mass is 35.5. The molecule has 1 aromatic rings. The van der Waals surface area contributed by atoms with Crippen molar-refractivity contribution < 1.29 is 19.7 Å². The maximum atomic E-state index is 8.71. The van der Waals surface area contributed by atoms with E-state index in [-0.39, 0.29) is 18.9 Å². The first-order chi connectivity index (χ1) is 9.11. The third-order valence-corrected chi connectivity index (χ3v) is 2.63. The first-order valence-electron chi connectivity index (χ1n) is 5.96. The highest BCUT2D eigenvalue weighted by molar-refractivity contribution is 6.33. The van der Waals surface area contributed by atoms with Gasteiger partial charge in [0.15, 0.2) is 11.5 Å². The van der Waals surface area contributed by atoms with Gasteiger partial charge >= 0.3 is 0 Å². The van der Waals surface area contributed by atoms with Crippen LogP contribution in [0.4, 0.5) is 11.4 Å². The van der Waals surface area contributed by atoms with Crippen LogP contribution in [0.25, 0.3) is 0 Å². The number of hydrogen-bond acceptors (Lipinski definition) is 6. The van der Waals surface area contributed by atoms with Crippen molar-refractivity contribution >= 4 is 23.0 Å². The summed E-state index contributed by atoms with van der Waals surface area (Å²) in [6, 6.07) is 1.50. The molecule has 19 heavy (non-hydrogen) atoms. The molecule has 1 rings (SSSR count). The third kappa shape index (κ3) is 4.34. The van der Waals surface area contributed by atoms with Crippen LogP contribution in [-0.4, -0.2) is 36.6 Å². The van der Waals surface area contributed by atoms with Crippen LogP contribution < -0.4 is 20.9 Å². The van der Waals surface area contributed by atoms with Crippen LogP contribution >= 0.6 is 11.6 Å². The molecule has 0 heterocycles. The van der Waals surface area contributed by atoms with Crippen molar-refractivity contribution in [3.8, 4) is 11.5 Å². The van der Waals surface area contributed by atoms with Gasteiger partial charge in [0, 0.05) is 26.1 Å². The van der Waals surface area contributed by atoms with Crippen molar-refractivity contribution in [2.45, 2.75) is 12.8 Å². The van der Waals surface area contributed by atoms with Crippen molar-refractivity contribution in [1.29, 1.82) is 0 Å². The molecule has 0 saturated carbocycles. The number of nitrogens with two attached hydrogens (primary N) is 2. The normalized spacial score (nSPS) is 10.5. The fourth-order valence-electron chi connectivity index (χ4n) is 1.44. The van der Waals surface area contributed by atoms with Crippen LogP contribution in [0.2, 0.25) is 5.02 Å². The molecule has 0 bridgehead atoms. The van der Waals surface area contributed by atoms with Gasteiger partial charge in [0.25, 0.3) is 0 Å². The van der Waals surface area contributed by atoms with Crippen LogP contribution in [0.5, 0.6) is 11.5 Å². The van der Waals surface area contributed by atoms with Crippen LogP contribution in [0.3, 0.4) is 0 Å². The molecule has 6 N–H and O–H groups in total. The summed E-state index contributed by atoms with van der Waals surface area (Å²) in [6.45, 7) is 0.628. The number of anilines is 2. The summed E-state index contributed by atoms with van der Waals surface area (Å²) in [5.41, 5.74) is 12.2. The van der Waals surface area contributed by atoms with Crippen LogP contribution in [0.15, 0.2) is 6.07 Å². The lowest BCUT2D eigenvalue weighted by Crippen LogP contribution is -2.08. The minimum Gasteiger partial charge on any atom is -0.490 e. The zero-order valence-electron chi connectivity index (χ0n) is 10.6. The SMILES string of the molecule is Nc1cc(Cl)c(OCCCO)c(N)c1OCCCO. The third-order valence-electron chi connectivity index (χ3n) is 2.35. The van der Waals surface area contributed by atoms with Crippen LogP contribution in [0.1, 0.15) is 12.8 Å². The molecule has 108 valence electrons. The van der Waals surface area contributed by atoms with Crippen LogP contribution in [-0.2, 0) is 0 Å². The zero-order chi connectivity index (χ0) is 14.3. The lowest BCUT2D eigenvalue weighted by atomic mass is 10.2. The second-order valence-electron chi connectivity index (χ2n) is 3.87. The Labute approximate surface area is 116 Å². The van der Waals surface area contributed by atoms with Gasteiger partial charge in [-0.3, -0.25) is 0 Å². The standard InChI is InChI=1S/C12H19ClN2O4/c13-8-7-9(14)12(19-6-2-4-17)10(15)11(8)18-5-1-3-16/h7,16-17H,1-6,14-15H2. The number of aliphatic hydroxyl groups excluding tert-OH is 2. The maximum absolute atomic E-state index is 8.71. The predicted octanol–water partition coefficient (Wildman–Crippen LogP) is 1.03. The first-order valence-corrected chi connectivity index (χ1v) is 6.34. The van der Waals surface area contributed by atoms with E-state index in [0.29, 0.717) is 48.3 Å². The Morgan fingerprint density at radius 3 is 2.05 bits per heavy atom. The topological polar surface area (TPSA) is 111 Å². The van der Waals surface area contributed by atoms with Gasteiger partial charge in [-0.1, -0.05) is 11.6 Å². The number of rotatable bonds is 8. The molecule has 0 amide bonds. The molecule has 0 aliphatic heterocycles. The molecule has 7 heteroatoms. The lowest BCUT2D eigenvalue weighted by molar-refractivity contribution is 0.229. The summed E-state index contributed by atoms with van der Waals surface area (Å²) in [5.74, 6) is 0.597. The molecule has 0 saturated heterocycles. The van der Waals surface area contributed by atoms with E-state index in [9.17, 15) is 0 Å². The molecule has 6 nitrogen and oxygen atoms in total. The molecular formula is C12H19ClN2O4. The number of hydrogen-bond donors (Lipinski definition) is 4. The smallest absolute Gasteiger partial charge is 0.168 e. The van der Waals surface area contributed by atoms with Crippen LogP contribution in [0, 0.1) is 0 Å². The van der Waals surface area contributed by atoms with E-state index in [1.54, 1.807) is 0 Å². The van der Waals surface area contributed by atoms with E-state index in [2.05, 4.69) is 0 Å². The Bertz CT molecular complexity index is 381. The van der Waals surface area contributed by atoms with Gasteiger partial charge in [-0.15, -0.1) is 0 Å². The number of halogens is 1. The minimum atomic E-state index is 0.0202. The van der Waals surface area contributed by atoms with Gasteiger partial charge in [-0.25, -0.2) is 0 Å². The molecule has 0 aliphatic carbocycles. The zero-order valence-corrected chi connectivity index (χ0v) is 11.3. The highest BCUT2D eigenvalue weighted by Crippen LogP contribution is 2.42. The second-order valence-corrected chi connectivity index (χ2v) is 4.28. The molecule has 0 radical (unpaired) electrons. The van der Waals surface area contributed by atoms with Gasteiger partial charge in [0.1, 0.15) is 5.69 Å². The van der Waals surface area contributed by atoms with Gasteiger partial charge in [-0.2, -0.15) is 0 Å². The maximum Gasteiger partial charge on any atom is 0.168 e. The first kappa shape index (κ1) is 15.7. The Hall–Kier alpha value is -1.37. The fourth-order valence-corrected chi connectivity index (χ4v) is 1.71. The average molecular weight is 291 g/mol. The molecular weight excluding hydrogens is 272 g/mol. The van der Waals surface area contributed by atoms with Gasteiger partial charge in [-0.05, 0) is 6.07 Å². The number of nitrogen functional groups attached to an aromatic ring is 2. The lowest BCUT2D eigenvalue weighted by Gasteiger charge is -2.16. The molecule has 0 unspecified atom stereocenters. The monoisotopic (exact) mass is 290 g/mol. The van der Waals surface area contributed by atoms with Crippen molar-refractivity contribution in [2.24, 2.45) is 0 Å².